The normalized spacial score (nSPS) is 13.5. The van der Waals surface area contributed by atoms with Gasteiger partial charge in [0.1, 0.15) is 5.60 Å². The summed E-state index contributed by atoms with van der Waals surface area (Å²) in [6.45, 7) is 3.54. The number of halogens is 1. The fourth-order valence-electron chi connectivity index (χ4n) is 2.05. The van der Waals surface area contributed by atoms with E-state index in [2.05, 4.69) is 21.2 Å². The number of rotatable bonds is 5. The highest BCUT2D eigenvalue weighted by atomic mass is 79.9. The molecule has 0 fully saturated rings. The number of carbonyl (C=O) groups excluding carboxylic acids is 1. The van der Waals surface area contributed by atoms with Crippen molar-refractivity contribution in [3.8, 4) is 0 Å². The molecule has 0 bridgehead atoms. The Balaban J connectivity index is 1.95. The fraction of sp³-hybridized carbons (Fsp3) is 0.278. The molecule has 0 saturated heterocycles. The van der Waals surface area contributed by atoms with Crippen molar-refractivity contribution in [1.82, 2.24) is 0 Å². The maximum Gasteiger partial charge on any atom is 0.256 e. The number of hydrogen-bond donors (Lipinski definition) is 2. The number of aryl methyl sites for hydroxylation is 2. The monoisotopic (exact) mass is 361 g/mol. The van der Waals surface area contributed by atoms with Crippen LogP contribution in [0.1, 0.15) is 24.5 Å². The van der Waals surface area contributed by atoms with Gasteiger partial charge in [-0.1, -0.05) is 45.8 Å². The third-order valence-electron chi connectivity index (χ3n) is 3.61. The second kappa shape index (κ2) is 7.07. The van der Waals surface area contributed by atoms with E-state index in [0.717, 1.165) is 15.6 Å². The molecule has 0 radical (unpaired) electrons. The summed E-state index contributed by atoms with van der Waals surface area (Å²) in [5, 5.41) is 13.2. The Kier molecular flexibility index (Phi) is 5.37. The number of anilines is 1. The van der Waals surface area contributed by atoms with Crippen LogP contribution in [0.25, 0.3) is 0 Å². The van der Waals surface area contributed by atoms with Crippen LogP contribution in [0.4, 0.5) is 5.69 Å². The van der Waals surface area contributed by atoms with Crippen LogP contribution >= 0.6 is 15.9 Å². The van der Waals surface area contributed by atoms with Gasteiger partial charge in [-0.05, 0) is 56.5 Å². The summed E-state index contributed by atoms with van der Waals surface area (Å²) in [6.07, 6.45) is 1.01. The lowest BCUT2D eigenvalue weighted by molar-refractivity contribution is -0.132. The molecular weight excluding hydrogens is 342 g/mol. The quantitative estimate of drug-likeness (QED) is 0.842. The number of benzene rings is 2. The van der Waals surface area contributed by atoms with Crippen LogP contribution in [-0.2, 0) is 11.2 Å². The van der Waals surface area contributed by atoms with Gasteiger partial charge in [0.25, 0.3) is 5.91 Å². The lowest BCUT2D eigenvalue weighted by atomic mass is 9.96. The molecule has 0 spiro atoms. The molecule has 2 N–H and O–H groups in total. The molecular formula is C18H20BrNO2. The summed E-state index contributed by atoms with van der Waals surface area (Å²) < 4.78 is 1.01. The number of nitrogens with one attached hydrogen (secondary N) is 1. The summed E-state index contributed by atoms with van der Waals surface area (Å²) in [7, 11) is 0. The zero-order valence-electron chi connectivity index (χ0n) is 12.8. The summed E-state index contributed by atoms with van der Waals surface area (Å²) in [5.74, 6) is -0.381. The summed E-state index contributed by atoms with van der Waals surface area (Å²) in [6, 6.07) is 15.4. The maximum absolute atomic E-state index is 12.2. The van der Waals surface area contributed by atoms with E-state index in [1.807, 2.05) is 55.5 Å². The molecule has 3 nitrogen and oxygen atoms in total. The van der Waals surface area contributed by atoms with Gasteiger partial charge in [0, 0.05) is 10.2 Å². The van der Waals surface area contributed by atoms with Crippen LogP contribution in [0.2, 0.25) is 0 Å². The molecule has 1 amide bonds. The molecule has 0 aliphatic carbocycles. The Bertz CT molecular complexity index is 633. The lowest BCUT2D eigenvalue weighted by Gasteiger charge is -2.22. The summed E-state index contributed by atoms with van der Waals surface area (Å²) in [5.41, 5.74) is 1.50. The number of aliphatic hydroxyl groups is 1. The zero-order chi connectivity index (χ0) is 16.2. The first-order chi connectivity index (χ1) is 10.4. The minimum Gasteiger partial charge on any atom is -0.380 e. The predicted molar refractivity (Wildman–Crippen MR) is 92.9 cm³/mol. The number of amides is 1. The van der Waals surface area contributed by atoms with E-state index in [4.69, 9.17) is 0 Å². The molecule has 0 aliphatic rings. The predicted octanol–water partition coefficient (Wildman–Crippen LogP) is 4.08. The summed E-state index contributed by atoms with van der Waals surface area (Å²) in [4.78, 5) is 12.2. The molecule has 0 heterocycles. The minimum absolute atomic E-state index is 0.367. The van der Waals surface area contributed by atoms with Gasteiger partial charge in [0.05, 0.1) is 0 Å². The van der Waals surface area contributed by atoms with Crippen molar-refractivity contribution in [2.24, 2.45) is 0 Å². The first-order valence-corrected chi connectivity index (χ1v) is 8.01. The molecule has 116 valence electrons. The molecule has 1 unspecified atom stereocenters. The Morgan fingerprint density at radius 1 is 1.14 bits per heavy atom. The van der Waals surface area contributed by atoms with Crippen LogP contribution in [0.3, 0.4) is 0 Å². The third-order valence-corrected chi connectivity index (χ3v) is 4.14. The van der Waals surface area contributed by atoms with E-state index < -0.39 is 5.60 Å². The second-order valence-electron chi connectivity index (χ2n) is 5.72. The molecule has 4 heteroatoms. The highest BCUT2D eigenvalue weighted by Crippen LogP contribution is 2.19. The van der Waals surface area contributed by atoms with E-state index >= 15 is 0 Å². The van der Waals surface area contributed by atoms with Gasteiger partial charge in [-0.25, -0.2) is 0 Å². The largest absolute Gasteiger partial charge is 0.380 e. The van der Waals surface area contributed by atoms with Crippen molar-refractivity contribution < 1.29 is 9.90 Å². The van der Waals surface area contributed by atoms with Crippen molar-refractivity contribution in [1.29, 1.82) is 0 Å². The van der Waals surface area contributed by atoms with Crippen LogP contribution in [0.5, 0.6) is 0 Å². The average Bonchev–Trinajstić information content (AvgIpc) is 2.49. The van der Waals surface area contributed by atoms with Gasteiger partial charge < -0.3 is 10.4 Å². The van der Waals surface area contributed by atoms with Crippen LogP contribution in [-0.4, -0.2) is 16.6 Å². The standard InChI is InChI=1S/C18H20BrNO2/c1-13-3-9-16(10-4-13)20-17(21)18(2,22)12-11-14-5-7-15(19)8-6-14/h3-10,22H,11-12H2,1-2H3,(H,20,21). The van der Waals surface area contributed by atoms with Crippen molar-refractivity contribution in [2.45, 2.75) is 32.3 Å². The molecule has 2 rings (SSSR count). The Morgan fingerprint density at radius 3 is 2.32 bits per heavy atom. The van der Waals surface area contributed by atoms with E-state index in [-0.39, 0.29) is 5.91 Å². The average molecular weight is 362 g/mol. The molecule has 2 aromatic carbocycles. The van der Waals surface area contributed by atoms with E-state index in [1.165, 1.54) is 0 Å². The van der Waals surface area contributed by atoms with Crippen molar-refractivity contribution >= 4 is 27.5 Å². The Hall–Kier alpha value is -1.65. The van der Waals surface area contributed by atoms with Crippen molar-refractivity contribution in [3.63, 3.8) is 0 Å². The highest BCUT2D eigenvalue weighted by molar-refractivity contribution is 9.10. The first kappa shape index (κ1) is 16.7. The SMILES string of the molecule is Cc1ccc(NC(=O)C(C)(O)CCc2ccc(Br)cc2)cc1. The number of carbonyl (C=O) groups is 1. The highest BCUT2D eigenvalue weighted by Gasteiger charge is 2.29. The molecule has 1 atom stereocenters. The molecule has 22 heavy (non-hydrogen) atoms. The number of hydrogen-bond acceptors (Lipinski definition) is 2. The van der Waals surface area contributed by atoms with E-state index in [0.29, 0.717) is 18.5 Å². The minimum atomic E-state index is -1.40. The lowest BCUT2D eigenvalue weighted by Crippen LogP contribution is -2.40. The van der Waals surface area contributed by atoms with E-state index in [1.54, 1.807) is 6.92 Å². The first-order valence-electron chi connectivity index (χ1n) is 7.22. The Morgan fingerprint density at radius 2 is 1.73 bits per heavy atom. The van der Waals surface area contributed by atoms with Gasteiger partial charge in [0.15, 0.2) is 0 Å². The van der Waals surface area contributed by atoms with Gasteiger partial charge in [-0.3, -0.25) is 4.79 Å². The fourth-order valence-corrected chi connectivity index (χ4v) is 2.32. The van der Waals surface area contributed by atoms with Gasteiger partial charge in [-0.2, -0.15) is 0 Å². The molecule has 0 aliphatic heterocycles. The van der Waals surface area contributed by atoms with Crippen molar-refractivity contribution in [3.05, 3.63) is 64.1 Å². The molecule has 0 saturated carbocycles. The van der Waals surface area contributed by atoms with E-state index in [9.17, 15) is 9.90 Å². The Labute approximate surface area is 139 Å². The molecule has 2 aromatic rings. The van der Waals surface area contributed by atoms with Crippen molar-refractivity contribution in [2.75, 3.05) is 5.32 Å². The second-order valence-corrected chi connectivity index (χ2v) is 6.64. The van der Waals surface area contributed by atoms with Crippen LogP contribution in [0, 0.1) is 6.92 Å². The van der Waals surface area contributed by atoms with Gasteiger partial charge in [0.2, 0.25) is 0 Å². The maximum atomic E-state index is 12.2. The third kappa shape index (κ3) is 4.68. The zero-order valence-corrected chi connectivity index (χ0v) is 14.4. The summed E-state index contributed by atoms with van der Waals surface area (Å²) >= 11 is 3.39. The topological polar surface area (TPSA) is 49.3 Å². The van der Waals surface area contributed by atoms with Gasteiger partial charge >= 0.3 is 0 Å². The molecule has 0 aromatic heterocycles. The van der Waals surface area contributed by atoms with Crippen LogP contribution in [0.15, 0.2) is 53.0 Å². The smallest absolute Gasteiger partial charge is 0.256 e. The van der Waals surface area contributed by atoms with Crippen LogP contribution < -0.4 is 5.32 Å². The van der Waals surface area contributed by atoms with Gasteiger partial charge in [-0.15, -0.1) is 0 Å².